The van der Waals surface area contributed by atoms with Crippen molar-refractivity contribution in [3.8, 4) is 0 Å². The predicted molar refractivity (Wildman–Crippen MR) is 87.1 cm³/mol. The van der Waals surface area contributed by atoms with Gasteiger partial charge in [-0.05, 0) is 30.7 Å². The van der Waals surface area contributed by atoms with E-state index in [0.717, 1.165) is 22.9 Å². The molecule has 0 radical (unpaired) electrons. The molecule has 0 fully saturated rings. The molecule has 0 aliphatic heterocycles. The average Bonchev–Trinajstić information content (AvgIpc) is 2.76. The molecule has 104 valence electrons. The Labute approximate surface area is 124 Å². The highest BCUT2D eigenvalue weighted by Crippen LogP contribution is 2.20. The minimum absolute atomic E-state index is 0.888. The van der Waals surface area contributed by atoms with Gasteiger partial charge in [0.25, 0.3) is 0 Å². The molecule has 21 heavy (non-hydrogen) atoms. The first-order valence-electron chi connectivity index (χ1n) is 6.99. The van der Waals surface area contributed by atoms with Gasteiger partial charge in [0.1, 0.15) is 0 Å². The van der Waals surface area contributed by atoms with Gasteiger partial charge < -0.3 is 4.57 Å². The van der Waals surface area contributed by atoms with E-state index in [1.54, 1.807) is 6.20 Å². The summed E-state index contributed by atoms with van der Waals surface area (Å²) in [5.74, 6) is 0. The molecule has 1 aliphatic carbocycles. The molecule has 0 spiro atoms. The number of pyridine rings is 1. The monoisotopic (exact) mass is 275 g/mol. The van der Waals surface area contributed by atoms with Gasteiger partial charge in [0.15, 0.2) is 0 Å². The molecule has 2 heterocycles. The van der Waals surface area contributed by atoms with E-state index in [0.29, 0.717) is 0 Å². The smallest absolute Gasteiger partial charge is 0.0558 e. The molecule has 0 unspecified atom stereocenters. The van der Waals surface area contributed by atoms with Crippen molar-refractivity contribution in [1.82, 2.24) is 14.5 Å². The third-order valence-electron chi connectivity index (χ3n) is 3.44. The Kier molecular flexibility index (Phi) is 3.92. The molecule has 0 N–H and O–H groups in total. The molecule has 0 saturated carbocycles. The molecule has 0 saturated heterocycles. The van der Waals surface area contributed by atoms with Gasteiger partial charge in [-0.3, -0.25) is 9.97 Å². The topological polar surface area (TPSA) is 30.7 Å². The van der Waals surface area contributed by atoms with Gasteiger partial charge in [-0.2, -0.15) is 0 Å². The fourth-order valence-electron chi connectivity index (χ4n) is 2.38. The SMILES string of the molecule is Cc1cncccn(C2=CC=CC=CC2)c2ccncc12. The fraction of sp³-hybridized carbons (Fsp3) is 0.111. The van der Waals surface area contributed by atoms with E-state index >= 15 is 0 Å². The summed E-state index contributed by atoms with van der Waals surface area (Å²) in [6, 6.07) is 4.00. The highest BCUT2D eigenvalue weighted by Gasteiger charge is 2.03. The van der Waals surface area contributed by atoms with E-state index < -0.39 is 0 Å². The second kappa shape index (κ2) is 6.18. The maximum absolute atomic E-state index is 4.29. The lowest BCUT2D eigenvalue weighted by Crippen LogP contribution is -1.97. The fourth-order valence-corrected chi connectivity index (χ4v) is 2.38. The van der Waals surface area contributed by atoms with Crippen LogP contribution in [0.3, 0.4) is 0 Å². The maximum atomic E-state index is 4.29. The Morgan fingerprint density at radius 1 is 1.05 bits per heavy atom. The summed E-state index contributed by atoms with van der Waals surface area (Å²) >= 11 is 0. The zero-order chi connectivity index (χ0) is 14.5. The number of hydrogen-bond donors (Lipinski definition) is 0. The summed E-state index contributed by atoms with van der Waals surface area (Å²) in [4.78, 5) is 8.55. The van der Waals surface area contributed by atoms with Crippen molar-refractivity contribution in [2.24, 2.45) is 0 Å². The van der Waals surface area contributed by atoms with Crippen LogP contribution >= 0.6 is 0 Å². The molecule has 0 amide bonds. The van der Waals surface area contributed by atoms with Crippen LogP contribution < -0.4 is 0 Å². The van der Waals surface area contributed by atoms with Gasteiger partial charge in [0.2, 0.25) is 0 Å². The summed E-state index contributed by atoms with van der Waals surface area (Å²) in [7, 11) is 0. The van der Waals surface area contributed by atoms with Gasteiger partial charge >= 0.3 is 0 Å². The summed E-state index contributed by atoms with van der Waals surface area (Å²) in [5, 5.41) is 1.10. The molecule has 2 aromatic heterocycles. The third-order valence-corrected chi connectivity index (χ3v) is 3.44. The van der Waals surface area contributed by atoms with Gasteiger partial charge in [-0.15, -0.1) is 0 Å². The number of aromatic nitrogens is 3. The number of fused-ring (bicyclic) bond motifs is 1. The molecular formula is C18H17N3. The first-order chi connectivity index (χ1) is 10.4. The van der Waals surface area contributed by atoms with E-state index in [1.165, 1.54) is 5.70 Å². The van der Waals surface area contributed by atoms with Crippen LogP contribution in [-0.4, -0.2) is 14.5 Å². The van der Waals surface area contributed by atoms with E-state index in [4.69, 9.17) is 0 Å². The maximum Gasteiger partial charge on any atom is 0.0558 e. The molecule has 1 aliphatic rings. The first kappa shape index (κ1) is 13.3. The number of hydrogen-bond acceptors (Lipinski definition) is 2. The van der Waals surface area contributed by atoms with Crippen LogP contribution in [0.4, 0.5) is 0 Å². The van der Waals surface area contributed by atoms with Gasteiger partial charge in [-0.25, -0.2) is 0 Å². The van der Waals surface area contributed by atoms with Gasteiger partial charge in [-0.1, -0.05) is 24.3 Å². The van der Waals surface area contributed by atoms with E-state index in [1.807, 2.05) is 43.0 Å². The van der Waals surface area contributed by atoms with Crippen LogP contribution in [0, 0.1) is 6.92 Å². The minimum Gasteiger partial charge on any atom is -0.320 e. The number of allylic oxidation sites excluding steroid dienone is 6. The molecule has 0 aromatic carbocycles. The molecule has 3 nitrogen and oxygen atoms in total. The lowest BCUT2D eigenvalue weighted by Gasteiger charge is -2.11. The second-order valence-electron chi connectivity index (χ2n) is 4.89. The van der Waals surface area contributed by atoms with Crippen LogP contribution in [0.15, 0.2) is 73.5 Å². The minimum atomic E-state index is 0.888. The number of aryl methyl sites for hydroxylation is 1. The highest BCUT2D eigenvalue weighted by atomic mass is 15.0. The summed E-state index contributed by atoms with van der Waals surface area (Å²) in [5.41, 5.74) is 3.44. The van der Waals surface area contributed by atoms with Crippen molar-refractivity contribution >= 4 is 16.6 Å². The zero-order valence-corrected chi connectivity index (χ0v) is 12.0. The van der Waals surface area contributed by atoms with Crippen LogP contribution in [-0.2, 0) is 0 Å². The number of rotatable bonds is 1. The van der Waals surface area contributed by atoms with Crippen LogP contribution in [0.2, 0.25) is 0 Å². The van der Waals surface area contributed by atoms with Crippen LogP contribution in [0.25, 0.3) is 16.6 Å². The lowest BCUT2D eigenvalue weighted by atomic mass is 10.2. The van der Waals surface area contributed by atoms with Crippen molar-refractivity contribution in [3.63, 3.8) is 0 Å². The molecule has 3 heteroatoms. The van der Waals surface area contributed by atoms with Gasteiger partial charge in [0, 0.05) is 48.5 Å². The van der Waals surface area contributed by atoms with E-state index in [9.17, 15) is 0 Å². The van der Waals surface area contributed by atoms with Gasteiger partial charge in [0.05, 0.1) is 5.52 Å². The summed E-state index contributed by atoms with van der Waals surface area (Å²) < 4.78 is 2.20. The standard InChI is InChI=1S/C18H17N3/c1-15-13-19-10-6-12-21(16-7-4-2-3-5-8-16)18-9-11-20-14-17(15)18/h2-7,9-14H,8H2,1H3. The third kappa shape index (κ3) is 2.92. The predicted octanol–water partition coefficient (Wildman–Crippen LogP) is 4.22. The van der Waals surface area contributed by atoms with Crippen molar-refractivity contribution in [2.75, 3.05) is 0 Å². The normalized spacial score (nSPS) is 13.7. The van der Waals surface area contributed by atoms with E-state index in [-0.39, 0.29) is 0 Å². The lowest BCUT2D eigenvalue weighted by molar-refractivity contribution is 1.08. The Balaban J connectivity index is 2.37. The Bertz CT molecular complexity index is 793. The Hall–Kier alpha value is -2.68. The van der Waals surface area contributed by atoms with Crippen molar-refractivity contribution in [3.05, 3.63) is 79.1 Å². The Morgan fingerprint density at radius 2 is 1.95 bits per heavy atom. The van der Waals surface area contributed by atoms with E-state index in [2.05, 4.69) is 45.8 Å². The highest BCUT2D eigenvalue weighted by molar-refractivity contribution is 5.83. The average molecular weight is 275 g/mol. The largest absolute Gasteiger partial charge is 0.320 e. The first-order valence-corrected chi connectivity index (χ1v) is 6.99. The summed E-state index contributed by atoms with van der Waals surface area (Å²) in [6.45, 7) is 2.06. The molecule has 0 atom stereocenters. The second-order valence-corrected chi connectivity index (χ2v) is 4.89. The molecule has 0 bridgehead atoms. The quantitative estimate of drug-likeness (QED) is 0.780. The van der Waals surface area contributed by atoms with Crippen molar-refractivity contribution < 1.29 is 0 Å². The molecule has 2 aromatic rings. The number of nitrogens with zero attached hydrogens (tertiary/aromatic N) is 3. The summed E-state index contributed by atoms with van der Waals surface area (Å²) in [6.07, 6.45) is 20.8. The molecule has 3 rings (SSSR count). The zero-order valence-electron chi connectivity index (χ0n) is 12.0. The van der Waals surface area contributed by atoms with Crippen molar-refractivity contribution in [2.45, 2.75) is 13.3 Å². The van der Waals surface area contributed by atoms with Crippen LogP contribution in [0.5, 0.6) is 0 Å². The molecular weight excluding hydrogens is 258 g/mol. The Morgan fingerprint density at radius 3 is 2.90 bits per heavy atom. The van der Waals surface area contributed by atoms with Crippen molar-refractivity contribution in [1.29, 1.82) is 0 Å². The van der Waals surface area contributed by atoms with Crippen LogP contribution in [0.1, 0.15) is 12.0 Å².